The maximum Gasteiger partial charge on any atom is 0.160 e. The molecule has 262 valence electrons. The maximum absolute atomic E-state index is 5.48. The zero-order valence-corrected chi connectivity index (χ0v) is 30.4. The summed E-state index contributed by atoms with van der Waals surface area (Å²) in [4.78, 5) is 21.4. The van der Waals surface area contributed by atoms with Crippen molar-refractivity contribution in [1.82, 2.24) is 19.9 Å². The molecule has 0 spiro atoms. The first-order valence-electron chi connectivity index (χ1n) is 18.8. The SMILES string of the molecule is c1ccc(-c2nc(-c3ccccc3)c(-c3cccc(-c4cccc(-c5nc(-c6ccccc6)c6ccc7ccccc7c6n5)c4)c3)nc2-c2ccccc2)cc1. The van der Waals surface area contributed by atoms with Crippen molar-refractivity contribution in [3.63, 3.8) is 0 Å². The molecule has 0 N–H and O–H groups in total. The van der Waals surface area contributed by atoms with Gasteiger partial charge in [0, 0.05) is 44.2 Å². The fourth-order valence-corrected chi connectivity index (χ4v) is 7.52. The quantitative estimate of drug-likeness (QED) is 0.154. The highest BCUT2D eigenvalue weighted by Crippen LogP contribution is 2.39. The summed E-state index contributed by atoms with van der Waals surface area (Å²) in [7, 11) is 0. The molecule has 0 saturated heterocycles. The van der Waals surface area contributed by atoms with Crippen LogP contribution in [0.25, 0.3) is 100 Å². The van der Waals surface area contributed by atoms with Crippen LogP contribution in [-0.2, 0) is 0 Å². The summed E-state index contributed by atoms with van der Waals surface area (Å²) in [5, 5.41) is 3.29. The van der Waals surface area contributed by atoms with E-state index in [1.807, 2.05) is 36.4 Å². The normalized spacial score (nSPS) is 11.2. The fourth-order valence-electron chi connectivity index (χ4n) is 7.52. The minimum absolute atomic E-state index is 0.687. The summed E-state index contributed by atoms with van der Waals surface area (Å²) in [5.74, 6) is 0.687. The summed E-state index contributed by atoms with van der Waals surface area (Å²) in [5.41, 5.74) is 13.4. The molecule has 8 aromatic carbocycles. The van der Waals surface area contributed by atoms with Crippen LogP contribution in [0.1, 0.15) is 0 Å². The van der Waals surface area contributed by atoms with Crippen LogP contribution in [0.2, 0.25) is 0 Å². The molecule has 4 heteroatoms. The molecule has 0 aliphatic rings. The second-order valence-electron chi connectivity index (χ2n) is 13.8. The zero-order chi connectivity index (χ0) is 37.3. The molecule has 10 rings (SSSR count). The second kappa shape index (κ2) is 14.3. The highest BCUT2D eigenvalue weighted by molar-refractivity contribution is 6.09. The molecule has 0 fully saturated rings. The van der Waals surface area contributed by atoms with Gasteiger partial charge in [-0.25, -0.2) is 19.9 Å². The molecule has 4 nitrogen and oxygen atoms in total. The summed E-state index contributed by atoms with van der Waals surface area (Å²) >= 11 is 0. The summed E-state index contributed by atoms with van der Waals surface area (Å²) in [6, 6.07) is 71.3. The van der Waals surface area contributed by atoms with Crippen LogP contribution >= 0.6 is 0 Å². The van der Waals surface area contributed by atoms with E-state index < -0.39 is 0 Å². The number of hydrogen-bond acceptors (Lipinski definition) is 4. The Bertz CT molecular complexity index is 3000. The van der Waals surface area contributed by atoms with Gasteiger partial charge in [0.2, 0.25) is 0 Å². The van der Waals surface area contributed by atoms with Gasteiger partial charge in [-0.3, -0.25) is 0 Å². The molecule has 0 unspecified atom stereocenters. The second-order valence-corrected chi connectivity index (χ2v) is 13.8. The topological polar surface area (TPSA) is 51.6 Å². The Morgan fingerprint density at radius 3 is 1.20 bits per heavy atom. The lowest BCUT2D eigenvalue weighted by Gasteiger charge is -2.16. The van der Waals surface area contributed by atoms with Crippen LogP contribution in [0.5, 0.6) is 0 Å². The lowest BCUT2D eigenvalue weighted by atomic mass is 9.96. The third-order valence-electron chi connectivity index (χ3n) is 10.3. The summed E-state index contributed by atoms with van der Waals surface area (Å²) in [6.07, 6.45) is 0. The first-order chi connectivity index (χ1) is 27.8. The number of nitrogens with zero attached hydrogens (tertiary/aromatic N) is 4. The molecular formula is C52H34N4. The maximum atomic E-state index is 5.48. The van der Waals surface area contributed by atoms with E-state index in [-0.39, 0.29) is 0 Å². The zero-order valence-electron chi connectivity index (χ0n) is 30.4. The van der Waals surface area contributed by atoms with Gasteiger partial charge in [-0.05, 0) is 34.7 Å². The van der Waals surface area contributed by atoms with Crippen LogP contribution in [-0.4, -0.2) is 19.9 Å². The van der Waals surface area contributed by atoms with Gasteiger partial charge in [-0.1, -0.05) is 188 Å². The largest absolute Gasteiger partial charge is 0.243 e. The minimum Gasteiger partial charge on any atom is -0.243 e. The van der Waals surface area contributed by atoms with E-state index in [0.29, 0.717) is 5.82 Å². The number of benzene rings is 8. The smallest absolute Gasteiger partial charge is 0.160 e. The Kier molecular flexibility index (Phi) is 8.47. The van der Waals surface area contributed by atoms with Crippen molar-refractivity contribution in [2.75, 3.05) is 0 Å². The van der Waals surface area contributed by atoms with E-state index in [1.165, 1.54) is 0 Å². The monoisotopic (exact) mass is 714 g/mol. The van der Waals surface area contributed by atoms with Crippen molar-refractivity contribution in [2.24, 2.45) is 0 Å². The molecule has 2 heterocycles. The van der Waals surface area contributed by atoms with E-state index >= 15 is 0 Å². The predicted molar refractivity (Wildman–Crippen MR) is 231 cm³/mol. The van der Waals surface area contributed by atoms with Crippen molar-refractivity contribution >= 4 is 21.7 Å². The highest BCUT2D eigenvalue weighted by atomic mass is 14.9. The van der Waals surface area contributed by atoms with Crippen LogP contribution in [0.3, 0.4) is 0 Å². The van der Waals surface area contributed by atoms with Gasteiger partial charge in [-0.2, -0.15) is 0 Å². The summed E-state index contributed by atoms with van der Waals surface area (Å²) in [6.45, 7) is 0. The Hall–Kier alpha value is -7.56. The number of rotatable bonds is 7. The highest BCUT2D eigenvalue weighted by Gasteiger charge is 2.20. The number of aromatic nitrogens is 4. The molecule has 0 aliphatic carbocycles. The molecule has 2 aromatic heterocycles. The molecule has 0 aliphatic heterocycles. The average Bonchev–Trinajstić information content (AvgIpc) is 3.29. The van der Waals surface area contributed by atoms with Crippen LogP contribution < -0.4 is 0 Å². The third kappa shape index (κ3) is 6.19. The minimum atomic E-state index is 0.687. The molecular weight excluding hydrogens is 681 g/mol. The van der Waals surface area contributed by atoms with Gasteiger partial charge >= 0.3 is 0 Å². The van der Waals surface area contributed by atoms with Crippen LogP contribution in [0.15, 0.2) is 206 Å². The molecule has 0 radical (unpaired) electrons. The average molecular weight is 715 g/mol. The fraction of sp³-hybridized carbons (Fsp3) is 0. The molecule has 0 bridgehead atoms. The lowest BCUT2D eigenvalue weighted by Crippen LogP contribution is -2.01. The molecule has 0 saturated carbocycles. The number of fused-ring (bicyclic) bond motifs is 3. The lowest BCUT2D eigenvalue weighted by molar-refractivity contribution is 1.21. The molecule has 0 atom stereocenters. The van der Waals surface area contributed by atoms with Crippen molar-refractivity contribution < 1.29 is 0 Å². The van der Waals surface area contributed by atoms with Crippen molar-refractivity contribution in [1.29, 1.82) is 0 Å². The van der Waals surface area contributed by atoms with Gasteiger partial charge < -0.3 is 0 Å². The van der Waals surface area contributed by atoms with Gasteiger partial charge in [0.1, 0.15) is 0 Å². The first kappa shape index (κ1) is 33.0. The molecule has 10 aromatic rings. The summed E-state index contributed by atoms with van der Waals surface area (Å²) < 4.78 is 0. The standard InChI is InChI=1S/C52H34N4/c1-5-18-36(19-6-1)46-45-32-31-35-17-13-14-30-44(35)51(45)56-52(55-46)43-29-16-27-41(34-43)40-26-15-28-42(33-40)50-49(39-24-11-4-12-25-39)53-47(37-20-7-2-8-21-37)48(54-50)38-22-9-3-10-23-38/h1-34H. The third-order valence-corrected chi connectivity index (χ3v) is 10.3. The van der Waals surface area contributed by atoms with E-state index in [1.54, 1.807) is 0 Å². The Balaban J connectivity index is 1.13. The van der Waals surface area contributed by atoms with Gasteiger partial charge in [0.15, 0.2) is 5.82 Å². The van der Waals surface area contributed by atoms with E-state index in [9.17, 15) is 0 Å². The van der Waals surface area contributed by atoms with E-state index in [4.69, 9.17) is 19.9 Å². The Morgan fingerprint density at radius 1 is 0.232 bits per heavy atom. The van der Waals surface area contributed by atoms with E-state index in [2.05, 4.69) is 170 Å². The number of hydrogen-bond donors (Lipinski definition) is 0. The van der Waals surface area contributed by atoms with E-state index in [0.717, 1.165) is 94.7 Å². The predicted octanol–water partition coefficient (Wildman–Crippen LogP) is 13.2. The van der Waals surface area contributed by atoms with Gasteiger partial charge in [-0.15, -0.1) is 0 Å². The van der Waals surface area contributed by atoms with Gasteiger partial charge in [0.05, 0.1) is 34.0 Å². The van der Waals surface area contributed by atoms with Crippen molar-refractivity contribution in [3.8, 4) is 78.8 Å². The molecule has 0 amide bonds. The first-order valence-corrected chi connectivity index (χ1v) is 18.8. The Labute approximate surface area is 325 Å². The molecule has 56 heavy (non-hydrogen) atoms. The van der Waals surface area contributed by atoms with Crippen molar-refractivity contribution in [3.05, 3.63) is 206 Å². The van der Waals surface area contributed by atoms with Crippen molar-refractivity contribution in [2.45, 2.75) is 0 Å². The Morgan fingerprint density at radius 2 is 0.643 bits per heavy atom. The van der Waals surface area contributed by atoms with Crippen LogP contribution in [0, 0.1) is 0 Å². The van der Waals surface area contributed by atoms with Gasteiger partial charge in [0.25, 0.3) is 0 Å². The van der Waals surface area contributed by atoms with Crippen LogP contribution in [0.4, 0.5) is 0 Å².